The number of primary amides is 1. The van der Waals surface area contributed by atoms with Crippen LogP contribution in [0.5, 0.6) is 0 Å². The molecule has 0 saturated carbocycles. The summed E-state index contributed by atoms with van der Waals surface area (Å²) in [4.78, 5) is 22.1. The number of nitrogens with one attached hydrogen (secondary N) is 1. The molecule has 1 aliphatic heterocycles. The molecule has 1 amide bonds. The van der Waals surface area contributed by atoms with Gasteiger partial charge in [0.1, 0.15) is 5.54 Å². The molecule has 1 saturated heterocycles. The molecule has 0 radical (unpaired) electrons. The van der Waals surface area contributed by atoms with Crippen molar-refractivity contribution in [2.45, 2.75) is 24.7 Å². The average molecular weight is 352 g/mol. The zero-order valence-electron chi connectivity index (χ0n) is 12.4. The van der Waals surface area contributed by atoms with Gasteiger partial charge in [-0.25, -0.2) is 0 Å². The molecule has 0 aromatic carbocycles. The first-order chi connectivity index (χ1) is 10.5. The third kappa shape index (κ3) is 5.12. The Kier molecular flexibility index (Phi) is 6.50. The van der Waals surface area contributed by atoms with Crippen LogP contribution < -0.4 is 16.2 Å². The van der Waals surface area contributed by atoms with Gasteiger partial charge in [0, 0.05) is 19.0 Å². The summed E-state index contributed by atoms with van der Waals surface area (Å²) in [5.41, 5.74) is 8.94. The Balaban J connectivity index is 2.83. The fourth-order valence-corrected chi connectivity index (χ4v) is 3.74. The predicted molar refractivity (Wildman–Crippen MR) is 80.0 cm³/mol. The van der Waals surface area contributed by atoms with Crippen molar-refractivity contribution in [3.63, 3.8) is 0 Å². The van der Waals surface area contributed by atoms with E-state index in [0.29, 0.717) is 0 Å². The highest BCUT2D eigenvalue weighted by molar-refractivity contribution is 7.87. The number of hydrogen-bond acceptors (Lipinski definition) is 7. The first-order valence-corrected chi connectivity index (χ1v) is 8.34. The quantitative estimate of drug-likeness (QED) is 0.228. The summed E-state index contributed by atoms with van der Waals surface area (Å²) in [6.07, 6.45) is 0.512. The van der Waals surface area contributed by atoms with Crippen molar-refractivity contribution in [3.8, 4) is 0 Å². The molecule has 13 heteroatoms. The molecule has 8 N–H and O–H groups in total. The van der Waals surface area contributed by atoms with Gasteiger partial charge in [0.2, 0.25) is 5.91 Å². The molecule has 0 spiro atoms. The molecule has 2 atom stereocenters. The predicted octanol–water partition coefficient (Wildman–Crippen LogP) is -3.73. The van der Waals surface area contributed by atoms with Gasteiger partial charge in [-0.1, -0.05) is 6.42 Å². The van der Waals surface area contributed by atoms with Gasteiger partial charge in [-0.2, -0.15) is 17.4 Å². The second-order valence-electron chi connectivity index (χ2n) is 5.54. The number of hydrogen-bond donors (Lipinski definition) is 6. The van der Waals surface area contributed by atoms with Gasteiger partial charge in [-0.3, -0.25) is 9.59 Å². The van der Waals surface area contributed by atoms with Gasteiger partial charge < -0.3 is 26.6 Å². The largest absolute Gasteiger partial charge is 0.480 e. The van der Waals surface area contributed by atoms with E-state index in [2.05, 4.69) is 0 Å². The molecule has 0 aliphatic carbocycles. The topological polar surface area (TPSA) is 196 Å². The van der Waals surface area contributed by atoms with E-state index in [0.717, 1.165) is 4.31 Å². The van der Waals surface area contributed by atoms with Crippen LogP contribution in [0, 0.1) is 5.92 Å². The van der Waals surface area contributed by atoms with Crippen LogP contribution in [0.1, 0.15) is 12.8 Å². The number of rotatable bonds is 9. The molecule has 11 nitrogen and oxygen atoms in total. The summed E-state index contributed by atoms with van der Waals surface area (Å²) in [6.45, 7) is -1.22. The molecular weight excluding hydrogens is 331 g/mol. The molecule has 0 unspecified atom stereocenters. The third-order valence-corrected chi connectivity index (χ3v) is 5.24. The summed E-state index contributed by atoms with van der Waals surface area (Å²) < 4.78 is 26.9. The minimum absolute atomic E-state index is 0.0267. The van der Waals surface area contributed by atoms with E-state index < -0.39 is 53.8 Å². The first kappa shape index (κ1) is 19.8. The van der Waals surface area contributed by atoms with Crippen LogP contribution in [0.15, 0.2) is 0 Å². The summed E-state index contributed by atoms with van der Waals surface area (Å²) in [7, 11) is -5.62. The molecule has 1 fully saturated rings. The lowest BCUT2D eigenvalue weighted by atomic mass is 9.78. The number of carbonyl (C=O) groups excluding carboxylic acids is 1. The normalized spacial score (nSPS) is 25.4. The highest BCUT2D eigenvalue weighted by Gasteiger charge is 2.52. The van der Waals surface area contributed by atoms with Crippen molar-refractivity contribution >= 4 is 29.2 Å². The number of carbonyl (C=O) groups is 2. The van der Waals surface area contributed by atoms with E-state index in [-0.39, 0.29) is 25.7 Å². The molecular formula is C10H21BN4O7S. The Labute approximate surface area is 134 Å². The minimum atomic E-state index is -4.09. The Morgan fingerprint density at radius 2 is 2.00 bits per heavy atom. The van der Waals surface area contributed by atoms with Gasteiger partial charge in [0.15, 0.2) is 0 Å². The van der Waals surface area contributed by atoms with Crippen LogP contribution in [-0.2, 0) is 19.8 Å². The van der Waals surface area contributed by atoms with Crippen molar-refractivity contribution < 1.29 is 33.2 Å². The summed E-state index contributed by atoms with van der Waals surface area (Å²) in [6, 6.07) is 0. The highest BCUT2D eigenvalue weighted by Crippen LogP contribution is 2.31. The van der Waals surface area contributed by atoms with Crippen LogP contribution in [0.25, 0.3) is 0 Å². The number of aliphatic carboxylic acids is 1. The van der Waals surface area contributed by atoms with E-state index in [1.54, 1.807) is 0 Å². The number of carboxylic acid groups (broad SMARTS) is 1. The van der Waals surface area contributed by atoms with Crippen LogP contribution in [0.2, 0.25) is 6.32 Å². The maximum absolute atomic E-state index is 12.1. The monoisotopic (exact) mass is 352 g/mol. The van der Waals surface area contributed by atoms with E-state index >= 15 is 0 Å². The molecule has 1 heterocycles. The lowest BCUT2D eigenvalue weighted by Crippen LogP contribution is -2.55. The number of nitrogens with two attached hydrogens (primary N) is 2. The maximum Gasteiger partial charge on any atom is 0.451 e. The van der Waals surface area contributed by atoms with Gasteiger partial charge in [0.25, 0.3) is 10.2 Å². The zero-order valence-corrected chi connectivity index (χ0v) is 13.2. The Hall–Kier alpha value is -1.25. The Morgan fingerprint density at radius 1 is 1.39 bits per heavy atom. The maximum atomic E-state index is 12.1. The van der Waals surface area contributed by atoms with Gasteiger partial charge >= 0.3 is 13.1 Å². The second-order valence-corrected chi connectivity index (χ2v) is 7.29. The van der Waals surface area contributed by atoms with Gasteiger partial charge in [0.05, 0.1) is 6.54 Å². The lowest BCUT2D eigenvalue weighted by molar-refractivity contribution is -0.144. The molecule has 1 aliphatic rings. The van der Waals surface area contributed by atoms with Crippen molar-refractivity contribution in [3.05, 3.63) is 0 Å². The Morgan fingerprint density at radius 3 is 2.48 bits per heavy atom. The van der Waals surface area contributed by atoms with E-state index in [9.17, 15) is 23.1 Å². The van der Waals surface area contributed by atoms with Crippen molar-refractivity contribution in [2.75, 3.05) is 19.6 Å². The van der Waals surface area contributed by atoms with E-state index in [1.807, 2.05) is 4.72 Å². The fraction of sp³-hybridized carbons (Fsp3) is 0.800. The van der Waals surface area contributed by atoms with E-state index in [1.165, 1.54) is 0 Å². The summed E-state index contributed by atoms with van der Waals surface area (Å²) in [5, 5.41) is 26.9. The summed E-state index contributed by atoms with van der Waals surface area (Å²) in [5.74, 6) is -2.93. The third-order valence-electron chi connectivity index (χ3n) is 3.77. The molecule has 132 valence electrons. The zero-order chi connectivity index (χ0) is 17.8. The summed E-state index contributed by atoms with van der Waals surface area (Å²) >= 11 is 0. The van der Waals surface area contributed by atoms with Crippen molar-refractivity contribution in [2.24, 2.45) is 17.4 Å². The van der Waals surface area contributed by atoms with Crippen molar-refractivity contribution in [1.82, 2.24) is 9.03 Å². The van der Waals surface area contributed by atoms with Crippen LogP contribution in [0.3, 0.4) is 0 Å². The molecule has 1 rings (SSSR count). The fourth-order valence-electron chi connectivity index (χ4n) is 2.47. The molecule has 0 aromatic rings. The molecule has 0 aromatic heterocycles. The minimum Gasteiger partial charge on any atom is -0.480 e. The second kappa shape index (κ2) is 7.55. The number of amides is 1. The van der Waals surface area contributed by atoms with E-state index in [4.69, 9.17) is 21.5 Å². The van der Waals surface area contributed by atoms with Gasteiger partial charge in [-0.15, -0.1) is 0 Å². The smallest absolute Gasteiger partial charge is 0.451 e. The molecule has 23 heavy (non-hydrogen) atoms. The lowest BCUT2D eigenvalue weighted by Gasteiger charge is -2.25. The SMILES string of the molecule is NC(=O)CNS(=O)(=O)N1C[C@H](CCCB(O)O)[C@](N)(C(=O)O)C1. The van der Waals surface area contributed by atoms with Crippen molar-refractivity contribution in [1.29, 1.82) is 0 Å². The Bertz CT molecular complexity index is 557. The standard InChI is InChI=1S/C10H21BN4O7S/c12-8(16)4-14-23(21,22)15-5-7(2-1-3-11(19)20)10(13,6-15)9(17)18/h7,14,19-20H,1-6,13H2,(H2,12,16)(H,17,18)/t7-,10-/m0/s1. The average Bonchev–Trinajstić information content (AvgIpc) is 2.76. The first-order valence-electron chi connectivity index (χ1n) is 6.90. The van der Waals surface area contributed by atoms with Crippen LogP contribution in [-0.4, -0.2) is 72.0 Å². The number of nitrogens with zero attached hydrogens (tertiary/aromatic N) is 1. The highest BCUT2D eigenvalue weighted by atomic mass is 32.2. The molecule has 0 bridgehead atoms. The number of carboxylic acids is 1. The van der Waals surface area contributed by atoms with Crippen LogP contribution >= 0.6 is 0 Å². The van der Waals surface area contributed by atoms with Crippen LogP contribution in [0.4, 0.5) is 0 Å². The van der Waals surface area contributed by atoms with Gasteiger partial charge in [-0.05, 0) is 12.7 Å².